The first-order valence-corrected chi connectivity index (χ1v) is 9.27. The molecule has 1 fully saturated rings. The first kappa shape index (κ1) is 18.4. The molecule has 25 heavy (non-hydrogen) atoms. The van der Waals surface area contributed by atoms with E-state index in [2.05, 4.69) is 30.9 Å². The predicted molar refractivity (Wildman–Crippen MR) is 97.7 cm³/mol. The molecule has 138 valence electrons. The Morgan fingerprint density at radius 2 is 2.04 bits per heavy atom. The Hall–Kier alpha value is -1.40. The van der Waals surface area contributed by atoms with Crippen molar-refractivity contribution >= 4 is 11.0 Å². The van der Waals surface area contributed by atoms with Crippen LogP contribution in [0.3, 0.4) is 0 Å². The molecule has 1 aliphatic rings. The fourth-order valence-corrected chi connectivity index (χ4v) is 3.36. The van der Waals surface area contributed by atoms with Crippen LogP contribution in [-0.4, -0.2) is 55.1 Å². The number of para-hydroxylation sites is 1. The third kappa shape index (κ3) is 4.82. The average molecular weight is 347 g/mol. The molecule has 0 bridgehead atoms. The van der Waals surface area contributed by atoms with Gasteiger partial charge in [0, 0.05) is 25.1 Å². The predicted octanol–water partition coefficient (Wildman–Crippen LogP) is 3.37. The van der Waals surface area contributed by atoms with Crippen molar-refractivity contribution in [2.45, 2.75) is 44.9 Å². The largest absolute Gasteiger partial charge is 0.459 e. The van der Waals surface area contributed by atoms with E-state index in [-0.39, 0.29) is 12.1 Å². The third-order valence-electron chi connectivity index (χ3n) is 4.95. The van der Waals surface area contributed by atoms with E-state index in [1.165, 1.54) is 0 Å². The zero-order valence-corrected chi connectivity index (χ0v) is 15.2. The monoisotopic (exact) mass is 347 g/mol. The summed E-state index contributed by atoms with van der Waals surface area (Å²) in [5.41, 5.74) is 0.906. The molecule has 1 saturated heterocycles. The van der Waals surface area contributed by atoms with E-state index in [0.717, 1.165) is 49.3 Å². The van der Waals surface area contributed by atoms with Gasteiger partial charge in [0.05, 0.1) is 24.9 Å². The Morgan fingerprint density at radius 3 is 2.76 bits per heavy atom. The highest BCUT2D eigenvalue weighted by Gasteiger charge is 2.22. The zero-order chi connectivity index (χ0) is 17.6. The molecule has 5 heteroatoms. The summed E-state index contributed by atoms with van der Waals surface area (Å²) in [4.78, 5) is 2.22. The van der Waals surface area contributed by atoms with Crippen LogP contribution in [0.1, 0.15) is 38.5 Å². The van der Waals surface area contributed by atoms with Gasteiger partial charge in [-0.25, -0.2) is 0 Å². The number of hydrogen-bond acceptors (Lipinski definition) is 5. The Kier molecular flexibility index (Phi) is 6.48. The summed E-state index contributed by atoms with van der Waals surface area (Å²) in [6.07, 6.45) is 1.54. The fourth-order valence-electron chi connectivity index (χ4n) is 3.36. The van der Waals surface area contributed by atoms with Crippen LogP contribution in [0.15, 0.2) is 34.7 Å². The average Bonchev–Trinajstić information content (AvgIpc) is 3.09. The second-order valence-corrected chi connectivity index (χ2v) is 6.75. The summed E-state index contributed by atoms with van der Waals surface area (Å²) in [5.74, 6) is 0.931. The van der Waals surface area contributed by atoms with Gasteiger partial charge in [0.25, 0.3) is 0 Å². The van der Waals surface area contributed by atoms with E-state index in [0.29, 0.717) is 13.2 Å². The maximum absolute atomic E-state index is 10.4. The van der Waals surface area contributed by atoms with Gasteiger partial charge in [0.1, 0.15) is 11.3 Å². The smallest absolute Gasteiger partial charge is 0.134 e. The van der Waals surface area contributed by atoms with Gasteiger partial charge in [0.15, 0.2) is 0 Å². The number of hydrogen-bond donors (Lipinski definition) is 1. The van der Waals surface area contributed by atoms with E-state index in [1.807, 2.05) is 18.2 Å². The fraction of sp³-hybridized carbons (Fsp3) is 0.600. The molecule has 1 aromatic carbocycles. The van der Waals surface area contributed by atoms with Crippen molar-refractivity contribution in [3.05, 3.63) is 36.1 Å². The van der Waals surface area contributed by atoms with Gasteiger partial charge in [-0.05, 0) is 38.4 Å². The summed E-state index contributed by atoms with van der Waals surface area (Å²) in [7, 11) is 0. The highest BCUT2D eigenvalue weighted by atomic mass is 16.5. The van der Waals surface area contributed by atoms with Gasteiger partial charge < -0.3 is 19.0 Å². The van der Waals surface area contributed by atoms with E-state index < -0.39 is 6.10 Å². The molecule has 0 saturated carbocycles. The molecule has 2 unspecified atom stereocenters. The lowest BCUT2D eigenvalue weighted by Crippen LogP contribution is -2.37. The van der Waals surface area contributed by atoms with Crippen molar-refractivity contribution in [2.24, 2.45) is 0 Å². The molecule has 0 aliphatic carbocycles. The molecular weight excluding hydrogens is 318 g/mol. The van der Waals surface area contributed by atoms with Crippen molar-refractivity contribution in [3.63, 3.8) is 0 Å². The van der Waals surface area contributed by atoms with Crippen molar-refractivity contribution in [2.75, 3.05) is 32.9 Å². The standard InChI is InChI=1S/C20H29NO4/c1-3-21(13-17(22)14-24-18-8-10-23-11-9-18)15(2)20-12-16-6-4-5-7-19(16)25-20/h4-7,12,15,17-18,22H,3,8-11,13-14H2,1-2H3. The Bertz CT molecular complexity index is 617. The summed E-state index contributed by atoms with van der Waals surface area (Å²) in [6, 6.07) is 10.2. The molecule has 2 atom stereocenters. The van der Waals surface area contributed by atoms with Gasteiger partial charge in [0.2, 0.25) is 0 Å². The first-order valence-electron chi connectivity index (χ1n) is 9.27. The molecule has 1 aliphatic heterocycles. The van der Waals surface area contributed by atoms with Crippen molar-refractivity contribution in [3.8, 4) is 0 Å². The maximum Gasteiger partial charge on any atom is 0.134 e. The number of furan rings is 1. The van der Waals surface area contributed by atoms with Gasteiger partial charge in [-0.1, -0.05) is 25.1 Å². The lowest BCUT2D eigenvalue weighted by atomic mass is 10.1. The number of likely N-dealkylation sites (N-methyl/N-ethyl adjacent to an activating group) is 1. The van der Waals surface area contributed by atoms with Gasteiger partial charge >= 0.3 is 0 Å². The van der Waals surface area contributed by atoms with E-state index in [9.17, 15) is 5.11 Å². The van der Waals surface area contributed by atoms with Crippen LogP contribution >= 0.6 is 0 Å². The van der Waals surface area contributed by atoms with E-state index in [4.69, 9.17) is 13.9 Å². The molecule has 2 heterocycles. The summed E-state index contributed by atoms with van der Waals surface area (Å²) in [6.45, 7) is 7.51. The number of ether oxygens (including phenoxy) is 2. The molecule has 0 amide bonds. The highest BCUT2D eigenvalue weighted by molar-refractivity contribution is 5.77. The van der Waals surface area contributed by atoms with Crippen LogP contribution in [0.4, 0.5) is 0 Å². The van der Waals surface area contributed by atoms with Crippen LogP contribution in [0.5, 0.6) is 0 Å². The van der Waals surface area contributed by atoms with Crippen molar-refractivity contribution in [1.29, 1.82) is 0 Å². The number of aliphatic hydroxyl groups is 1. The zero-order valence-electron chi connectivity index (χ0n) is 15.2. The van der Waals surface area contributed by atoms with Crippen LogP contribution in [0.2, 0.25) is 0 Å². The molecule has 5 nitrogen and oxygen atoms in total. The van der Waals surface area contributed by atoms with Crippen LogP contribution < -0.4 is 0 Å². The Labute approximate surface area is 149 Å². The second kappa shape index (κ2) is 8.81. The SMILES string of the molecule is CCN(CC(O)COC1CCOCC1)C(C)c1cc2ccccc2o1. The van der Waals surface area contributed by atoms with E-state index in [1.54, 1.807) is 0 Å². The van der Waals surface area contributed by atoms with Crippen LogP contribution in [0.25, 0.3) is 11.0 Å². The van der Waals surface area contributed by atoms with Crippen molar-refractivity contribution in [1.82, 2.24) is 4.90 Å². The van der Waals surface area contributed by atoms with E-state index >= 15 is 0 Å². The summed E-state index contributed by atoms with van der Waals surface area (Å²) < 4.78 is 17.2. The molecular formula is C20H29NO4. The number of fused-ring (bicyclic) bond motifs is 1. The summed E-state index contributed by atoms with van der Waals surface area (Å²) in [5, 5.41) is 11.5. The van der Waals surface area contributed by atoms with Crippen LogP contribution in [-0.2, 0) is 9.47 Å². The van der Waals surface area contributed by atoms with Gasteiger partial charge in [-0.2, -0.15) is 0 Å². The first-order chi connectivity index (χ1) is 12.2. The second-order valence-electron chi connectivity index (χ2n) is 6.75. The molecule has 2 aromatic rings. The lowest BCUT2D eigenvalue weighted by Gasteiger charge is -2.29. The quantitative estimate of drug-likeness (QED) is 0.793. The lowest BCUT2D eigenvalue weighted by molar-refractivity contribution is -0.0659. The molecule has 1 aromatic heterocycles. The number of benzene rings is 1. The van der Waals surface area contributed by atoms with Gasteiger partial charge in [-0.15, -0.1) is 0 Å². The minimum Gasteiger partial charge on any atom is -0.459 e. The van der Waals surface area contributed by atoms with Crippen LogP contribution in [0, 0.1) is 0 Å². The third-order valence-corrected chi connectivity index (χ3v) is 4.95. The molecule has 1 N–H and O–H groups in total. The van der Waals surface area contributed by atoms with Crippen molar-refractivity contribution < 1.29 is 19.0 Å². The number of rotatable bonds is 8. The summed E-state index contributed by atoms with van der Waals surface area (Å²) >= 11 is 0. The Balaban J connectivity index is 1.55. The number of aliphatic hydroxyl groups excluding tert-OH is 1. The van der Waals surface area contributed by atoms with Gasteiger partial charge in [-0.3, -0.25) is 4.90 Å². The maximum atomic E-state index is 10.4. The molecule has 0 spiro atoms. The number of nitrogens with zero attached hydrogens (tertiary/aromatic N) is 1. The molecule has 3 rings (SSSR count). The highest BCUT2D eigenvalue weighted by Crippen LogP contribution is 2.27. The molecule has 0 radical (unpaired) electrons. The minimum absolute atomic E-state index is 0.107. The normalized spacial score (nSPS) is 18.7. The Morgan fingerprint density at radius 1 is 1.28 bits per heavy atom. The minimum atomic E-state index is -0.505. The topological polar surface area (TPSA) is 55.1 Å².